The maximum atomic E-state index is 5.29. The molecule has 4 rings (SSSR count). The molecule has 0 N–H and O–H groups in total. The normalized spacial score (nSPS) is 18.1. The van der Waals surface area contributed by atoms with E-state index in [2.05, 4.69) is 79.5 Å². The fourth-order valence-electron chi connectivity index (χ4n) is 4.68. The largest absolute Gasteiger partial charge is 0.497 e. The van der Waals surface area contributed by atoms with Crippen molar-refractivity contribution in [1.82, 2.24) is 4.90 Å². The zero-order valence-electron chi connectivity index (χ0n) is 17.8. The van der Waals surface area contributed by atoms with E-state index >= 15 is 0 Å². The Morgan fingerprint density at radius 2 is 1.66 bits per heavy atom. The van der Waals surface area contributed by atoms with Gasteiger partial charge in [0, 0.05) is 6.54 Å². The fourth-order valence-corrected chi connectivity index (χ4v) is 4.68. The van der Waals surface area contributed by atoms with Crippen LogP contribution in [0.15, 0.2) is 72.8 Å². The second kappa shape index (κ2) is 8.84. The molecular formula is C27H31NO. The first-order chi connectivity index (χ1) is 14.1. The highest BCUT2D eigenvalue weighted by Crippen LogP contribution is 2.41. The van der Waals surface area contributed by atoms with Crippen molar-refractivity contribution in [2.45, 2.75) is 32.2 Å². The van der Waals surface area contributed by atoms with Crippen molar-refractivity contribution in [1.29, 1.82) is 0 Å². The first-order valence-electron chi connectivity index (χ1n) is 10.6. The van der Waals surface area contributed by atoms with E-state index in [0.29, 0.717) is 11.8 Å². The molecule has 2 nitrogen and oxygen atoms in total. The Bertz CT molecular complexity index is 933. The van der Waals surface area contributed by atoms with E-state index in [9.17, 15) is 0 Å². The molecule has 0 aliphatic heterocycles. The predicted octanol–water partition coefficient (Wildman–Crippen LogP) is 6.16. The number of rotatable bonds is 7. The van der Waals surface area contributed by atoms with E-state index < -0.39 is 0 Å². The number of fused-ring (bicyclic) bond motifs is 1. The van der Waals surface area contributed by atoms with Crippen LogP contribution in [0.2, 0.25) is 0 Å². The van der Waals surface area contributed by atoms with Crippen LogP contribution < -0.4 is 4.74 Å². The molecule has 3 aromatic rings. The van der Waals surface area contributed by atoms with Crippen LogP contribution in [0.1, 0.15) is 36.0 Å². The standard InChI is InChI=1S/C27H31NO/c1-20-17-24-18-23(22-9-12-25(29-3)13-10-22)11-14-27(24)26(20)15-16-28(2)19-21-7-5-4-6-8-21/h4-14,18,20,26H,15-17,19H2,1-3H3. The quantitative estimate of drug-likeness (QED) is 0.483. The Hall–Kier alpha value is -2.58. The average molecular weight is 386 g/mol. The van der Waals surface area contributed by atoms with Gasteiger partial charge in [-0.2, -0.15) is 0 Å². The zero-order chi connectivity index (χ0) is 20.2. The highest BCUT2D eigenvalue weighted by Gasteiger charge is 2.29. The summed E-state index contributed by atoms with van der Waals surface area (Å²) in [5, 5.41) is 0. The monoisotopic (exact) mass is 385 g/mol. The van der Waals surface area contributed by atoms with E-state index in [1.807, 2.05) is 12.1 Å². The van der Waals surface area contributed by atoms with Crippen LogP contribution in [0.25, 0.3) is 11.1 Å². The van der Waals surface area contributed by atoms with Gasteiger partial charge in [-0.05, 0) is 78.2 Å². The Labute approximate surface area is 175 Å². The fraction of sp³-hybridized carbons (Fsp3) is 0.333. The molecule has 0 amide bonds. The van der Waals surface area contributed by atoms with Gasteiger partial charge in [-0.1, -0.05) is 67.6 Å². The molecule has 2 atom stereocenters. The summed E-state index contributed by atoms with van der Waals surface area (Å²) in [6.07, 6.45) is 2.41. The molecule has 2 unspecified atom stereocenters. The molecule has 0 saturated heterocycles. The smallest absolute Gasteiger partial charge is 0.118 e. The molecule has 150 valence electrons. The minimum Gasteiger partial charge on any atom is -0.497 e. The third-order valence-corrected chi connectivity index (χ3v) is 6.31. The Kier molecular flexibility index (Phi) is 6.01. The van der Waals surface area contributed by atoms with Gasteiger partial charge in [0.2, 0.25) is 0 Å². The number of hydrogen-bond donors (Lipinski definition) is 0. The first-order valence-corrected chi connectivity index (χ1v) is 10.6. The summed E-state index contributed by atoms with van der Waals surface area (Å²) in [4.78, 5) is 2.45. The summed E-state index contributed by atoms with van der Waals surface area (Å²) in [6.45, 7) is 4.56. The van der Waals surface area contributed by atoms with Crippen molar-refractivity contribution in [2.24, 2.45) is 5.92 Å². The average Bonchev–Trinajstić information content (AvgIpc) is 3.07. The molecule has 1 aliphatic rings. The van der Waals surface area contributed by atoms with Crippen LogP contribution in [0.3, 0.4) is 0 Å². The number of nitrogens with zero attached hydrogens (tertiary/aromatic N) is 1. The Balaban J connectivity index is 1.43. The molecule has 0 saturated carbocycles. The lowest BCUT2D eigenvalue weighted by Gasteiger charge is -2.22. The van der Waals surface area contributed by atoms with Crippen molar-refractivity contribution >= 4 is 0 Å². The van der Waals surface area contributed by atoms with Gasteiger partial charge in [-0.15, -0.1) is 0 Å². The summed E-state index contributed by atoms with van der Waals surface area (Å²) < 4.78 is 5.29. The van der Waals surface area contributed by atoms with Crippen LogP contribution in [-0.2, 0) is 13.0 Å². The zero-order valence-corrected chi connectivity index (χ0v) is 17.8. The summed E-state index contributed by atoms with van der Waals surface area (Å²) >= 11 is 0. The molecule has 29 heavy (non-hydrogen) atoms. The maximum Gasteiger partial charge on any atom is 0.118 e. The van der Waals surface area contributed by atoms with Crippen LogP contribution in [0.5, 0.6) is 5.75 Å². The lowest BCUT2D eigenvalue weighted by atomic mass is 9.90. The number of hydrogen-bond acceptors (Lipinski definition) is 2. The van der Waals surface area contributed by atoms with Gasteiger partial charge in [0.25, 0.3) is 0 Å². The van der Waals surface area contributed by atoms with Crippen molar-refractivity contribution in [3.05, 3.63) is 89.5 Å². The van der Waals surface area contributed by atoms with Crippen molar-refractivity contribution in [2.75, 3.05) is 20.7 Å². The summed E-state index contributed by atoms with van der Waals surface area (Å²) in [7, 11) is 3.95. The Morgan fingerprint density at radius 1 is 0.931 bits per heavy atom. The van der Waals surface area contributed by atoms with Crippen LogP contribution in [-0.4, -0.2) is 25.6 Å². The first kappa shape index (κ1) is 19.7. The number of methoxy groups -OCH3 is 1. The van der Waals surface area contributed by atoms with Gasteiger partial charge in [-0.25, -0.2) is 0 Å². The summed E-state index contributed by atoms with van der Waals surface area (Å²) in [6, 6.07) is 26.2. The summed E-state index contributed by atoms with van der Waals surface area (Å²) in [5.74, 6) is 2.28. The third kappa shape index (κ3) is 4.54. The topological polar surface area (TPSA) is 12.5 Å². The highest BCUT2D eigenvalue weighted by molar-refractivity contribution is 5.66. The van der Waals surface area contributed by atoms with Crippen molar-refractivity contribution in [3.8, 4) is 16.9 Å². The molecule has 3 aromatic carbocycles. The Morgan fingerprint density at radius 3 is 2.38 bits per heavy atom. The highest BCUT2D eigenvalue weighted by atomic mass is 16.5. The lowest BCUT2D eigenvalue weighted by Crippen LogP contribution is -2.21. The summed E-state index contributed by atoms with van der Waals surface area (Å²) in [5.41, 5.74) is 7.04. The minimum atomic E-state index is 0.660. The molecule has 0 bridgehead atoms. The van der Waals surface area contributed by atoms with Crippen LogP contribution in [0.4, 0.5) is 0 Å². The van der Waals surface area contributed by atoms with Gasteiger partial charge >= 0.3 is 0 Å². The molecule has 0 heterocycles. The molecule has 0 fully saturated rings. The van der Waals surface area contributed by atoms with E-state index in [1.165, 1.54) is 35.1 Å². The second-order valence-corrected chi connectivity index (χ2v) is 8.44. The van der Waals surface area contributed by atoms with Gasteiger partial charge in [0.1, 0.15) is 5.75 Å². The lowest BCUT2D eigenvalue weighted by molar-refractivity contribution is 0.297. The van der Waals surface area contributed by atoms with Crippen LogP contribution >= 0.6 is 0 Å². The molecule has 0 aromatic heterocycles. The third-order valence-electron chi connectivity index (χ3n) is 6.31. The van der Waals surface area contributed by atoms with E-state index in [0.717, 1.165) is 18.8 Å². The SMILES string of the molecule is COc1ccc(-c2ccc3c(c2)CC(C)C3CCN(C)Cc2ccccc2)cc1. The molecule has 2 heteroatoms. The second-order valence-electron chi connectivity index (χ2n) is 8.44. The predicted molar refractivity (Wildman–Crippen MR) is 121 cm³/mol. The number of ether oxygens (including phenoxy) is 1. The molecule has 0 radical (unpaired) electrons. The minimum absolute atomic E-state index is 0.660. The van der Waals surface area contributed by atoms with Crippen molar-refractivity contribution in [3.63, 3.8) is 0 Å². The maximum absolute atomic E-state index is 5.29. The van der Waals surface area contributed by atoms with Crippen LogP contribution in [0, 0.1) is 5.92 Å². The van der Waals surface area contributed by atoms with E-state index in [1.54, 1.807) is 12.7 Å². The van der Waals surface area contributed by atoms with Gasteiger partial charge in [-0.3, -0.25) is 0 Å². The number of benzene rings is 3. The van der Waals surface area contributed by atoms with Gasteiger partial charge < -0.3 is 9.64 Å². The van der Waals surface area contributed by atoms with Gasteiger partial charge in [0.05, 0.1) is 7.11 Å². The van der Waals surface area contributed by atoms with E-state index in [4.69, 9.17) is 4.74 Å². The molecular weight excluding hydrogens is 354 g/mol. The van der Waals surface area contributed by atoms with Gasteiger partial charge in [0.15, 0.2) is 0 Å². The molecule has 0 spiro atoms. The molecule has 1 aliphatic carbocycles. The van der Waals surface area contributed by atoms with E-state index in [-0.39, 0.29) is 0 Å². The van der Waals surface area contributed by atoms with Crippen molar-refractivity contribution < 1.29 is 4.74 Å².